The van der Waals surface area contributed by atoms with Gasteiger partial charge < -0.3 is 10.1 Å². The largest absolute Gasteiger partial charge is 0.494 e. The summed E-state index contributed by atoms with van der Waals surface area (Å²) in [7, 11) is 0. The molecule has 0 unspecified atom stereocenters. The number of amides is 1. The SMILES string of the molecule is CCOc1ccc(-n2c(SCC(=O)NCCC(C)C)nc3ccccc32)cc1. The highest BCUT2D eigenvalue weighted by atomic mass is 32.2. The maximum atomic E-state index is 12.2. The van der Waals surface area contributed by atoms with Crippen LogP contribution in [0.5, 0.6) is 5.75 Å². The van der Waals surface area contributed by atoms with Gasteiger partial charge in [0.15, 0.2) is 5.16 Å². The molecule has 0 aliphatic rings. The molecule has 148 valence electrons. The zero-order valence-corrected chi connectivity index (χ0v) is 17.5. The summed E-state index contributed by atoms with van der Waals surface area (Å²) in [6.07, 6.45) is 0.987. The van der Waals surface area contributed by atoms with Gasteiger partial charge in [0.2, 0.25) is 5.91 Å². The van der Waals surface area contributed by atoms with Crippen LogP contribution in [0.3, 0.4) is 0 Å². The lowest BCUT2D eigenvalue weighted by Gasteiger charge is -2.11. The summed E-state index contributed by atoms with van der Waals surface area (Å²) in [5.41, 5.74) is 2.94. The van der Waals surface area contributed by atoms with Crippen LogP contribution in [0.2, 0.25) is 0 Å². The van der Waals surface area contributed by atoms with E-state index in [0.717, 1.165) is 34.0 Å². The Morgan fingerprint density at radius 2 is 1.93 bits per heavy atom. The van der Waals surface area contributed by atoms with Crippen LogP contribution in [0.1, 0.15) is 27.2 Å². The second-order valence-electron chi connectivity index (χ2n) is 6.97. The first-order valence-electron chi connectivity index (χ1n) is 9.68. The molecule has 3 rings (SSSR count). The maximum Gasteiger partial charge on any atom is 0.230 e. The summed E-state index contributed by atoms with van der Waals surface area (Å²) in [6.45, 7) is 7.63. The van der Waals surface area contributed by atoms with E-state index in [1.807, 2.05) is 55.5 Å². The lowest BCUT2D eigenvalue weighted by Crippen LogP contribution is -2.27. The Balaban J connectivity index is 1.80. The van der Waals surface area contributed by atoms with Gasteiger partial charge in [-0.15, -0.1) is 0 Å². The van der Waals surface area contributed by atoms with Crippen molar-refractivity contribution in [2.24, 2.45) is 5.92 Å². The number of hydrogen-bond acceptors (Lipinski definition) is 4. The molecule has 3 aromatic rings. The van der Waals surface area contributed by atoms with Crippen LogP contribution in [-0.2, 0) is 4.79 Å². The maximum absolute atomic E-state index is 12.2. The van der Waals surface area contributed by atoms with Crippen molar-refractivity contribution in [3.05, 3.63) is 48.5 Å². The number of rotatable bonds is 9. The van der Waals surface area contributed by atoms with E-state index in [9.17, 15) is 4.79 Å². The van der Waals surface area contributed by atoms with Crippen molar-refractivity contribution in [2.45, 2.75) is 32.3 Å². The van der Waals surface area contributed by atoms with Gasteiger partial charge in [0.25, 0.3) is 0 Å². The molecule has 5 nitrogen and oxygen atoms in total. The van der Waals surface area contributed by atoms with Crippen LogP contribution in [0, 0.1) is 5.92 Å². The smallest absolute Gasteiger partial charge is 0.230 e. The number of imidazole rings is 1. The predicted molar refractivity (Wildman–Crippen MR) is 115 cm³/mol. The van der Waals surface area contributed by atoms with Gasteiger partial charge in [-0.3, -0.25) is 9.36 Å². The summed E-state index contributed by atoms with van der Waals surface area (Å²) in [5.74, 6) is 1.81. The Kier molecular flexibility index (Phi) is 6.98. The third-order valence-corrected chi connectivity index (χ3v) is 5.25. The molecule has 1 aromatic heterocycles. The van der Waals surface area contributed by atoms with Gasteiger partial charge in [0, 0.05) is 12.2 Å². The summed E-state index contributed by atoms with van der Waals surface area (Å²) in [6, 6.07) is 16.0. The fourth-order valence-corrected chi connectivity index (χ4v) is 3.75. The van der Waals surface area contributed by atoms with E-state index >= 15 is 0 Å². The molecule has 0 aliphatic carbocycles. The zero-order valence-electron chi connectivity index (χ0n) is 16.6. The molecule has 28 heavy (non-hydrogen) atoms. The first-order valence-corrected chi connectivity index (χ1v) is 10.7. The first-order chi connectivity index (χ1) is 13.6. The highest BCUT2D eigenvalue weighted by Crippen LogP contribution is 2.28. The van der Waals surface area contributed by atoms with Gasteiger partial charge in [-0.05, 0) is 55.7 Å². The van der Waals surface area contributed by atoms with Gasteiger partial charge in [-0.2, -0.15) is 0 Å². The predicted octanol–water partition coefficient (Wildman–Crippen LogP) is 4.68. The molecule has 0 fully saturated rings. The van der Waals surface area contributed by atoms with Crippen molar-refractivity contribution in [3.63, 3.8) is 0 Å². The van der Waals surface area contributed by atoms with Crippen molar-refractivity contribution in [2.75, 3.05) is 18.9 Å². The number of ether oxygens (including phenoxy) is 1. The Bertz CT molecular complexity index is 919. The lowest BCUT2D eigenvalue weighted by molar-refractivity contribution is -0.118. The number of benzene rings is 2. The quantitative estimate of drug-likeness (QED) is 0.533. The van der Waals surface area contributed by atoms with Crippen LogP contribution < -0.4 is 10.1 Å². The molecule has 0 atom stereocenters. The van der Waals surface area contributed by atoms with Crippen LogP contribution >= 0.6 is 11.8 Å². The molecule has 0 bridgehead atoms. The fraction of sp³-hybridized carbons (Fsp3) is 0.364. The molecular weight excluding hydrogens is 370 g/mol. The highest BCUT2D eigenvalue weighted by Gasteiger charge is 2.14. The first kappa shape index (κ1) is 20.3. The number of nitrogens with zero attached hydrogens (tertiary/aromatic N) is 2. The highest BCUT2D eigenvalue weighted by molar-refractivity contribution is 7.99. The number of carbonyl (C=O) groups is 1. The van der Waals surface area contributed by atoms with Gasteiger partial charge in [0.05, 0.1) is 23.4 Å². The van der Waals surface area contributed by atoms with Gasteiger partial charge in [-0.1, -0.05) is 37.7 Å². The standard InChI is InChI=1S/C22H27N3O2S/c1-4-27-18-11-9-17(10-12-18)25-20-8-6-5-7-19(20)24-22(25)28-15-21(26)23-14-13-16(2)3/h5-12,16H,4,13-15H2,1-3H3,(H,23,26). The number of fused-ring (bicyclic) bond motifs is 1. The van der Waals surface area contributed by atoms with Crippen molar-refractivity contribution in [3.8, 4) is 11.4 Å². The minimum absolute atomic E-state index is 0.0379. The van der Waals surface area contributed by atoms with Crippen molar-refractivity contribution in [1.82, 2.24) is 14.9 Å². The van der Waals surface area contributed by atoms with E-state index in [1.54, 1.807) is 0 Å². The van der Waals surface area contributed by atoms with Crippen LogP contribution in [0.25, 0.3) is 16.7 Å². The van der Waals surface area contributed by atoms with E-state index in [2.05, 4.69) is 23.7 Å². The van der Waals surface area contributed by atoms with E-state index in [0.29, 0.717) is 24.8 Å². The average Bonchev–Trinajstić information content (AvgIpc) is 3.05. The molecule has 1 heterocycles. The molecule has 0 saturated heterocycles. The summed E-state index contributed by atoms with van der Waals surface area (Å²) >= 11 is 1.46. The second kappa shape index (κ2) is 9.64. The third kappa shape index (κ3) is 5.07. The Hall–Kier alpha value is -2.47. The Morgan fingerprint density at radius 3 is 2.64 bits per heavy atom. The van der Waals surface area contributed by atoms with Crippen molar-refractivity contribution < 1.29 is 9.53 Å². The van der Waals surface area contributed by atoms with Crippen LogP contribution in [0.4, 0.5) is 0 Å². The van der Waals surface area contributed by atoms with Crippen molar-refractivity contribution >= 4 is 28.7 Å². The Morgan fingerprint density at radius 1 is 1.18 bits per heavy atom. The molecule has 0 spiro atoms. The second-order valence-corrected chi connectivity index (χ2v) is 7.91. The zero-order chi connectivity index (χ0) is 19.9. The molecule has 6 heteroatoms. The molecule has 0 radical (unpaired) electrons. The van der Waals surface area contributed by atoms with Crippen LogP contribution in [-0.4, -0.2) is 34.4 Å². The van der Waals surface area contributed by atoms with E-state index < -0.39 is 0 Å². The third-order valence-electron chi connectivity index (χ3n) is 4.31. The number of hydrogen-bond donors (Lipinski definition) is 1. The van der Waals surface area contributed by atoms with Gasteiger partial charge in [0.1, 0.15) is 5.75 Å². The summed E-state index contributed by atoms with van der Waals surface area (Å²) < 4.78 is 7.64. The molecular formula is C22H27N3O2S. The fourth-order valence-electron chi connectivity index (χ4n) is 2.89. The number of aromatic nitrogens is 2. The topological polar surface area (TPSA) is 56.1 Å². The van der Waals surface area contributed by atoms with Gasteiger partial charge in [-0.25, -0.2) is 4.98 Å². The monoisotopic (exact) mass is 397 g/mol. The van der Waals surface area contributed by atoms with Crippen LogP contribution in [0.15, 0.2) is 53.7 Å². The number of nitrogens with one attached hydrogen (secondary N) is 1. The average molecular weight is 398 g/mol. The van der Waals surface area contributed by atoms with E-state index in [1.165, 1.54) is 11.8 Å². The number of thioether (sulfide) groups is 1. The van der Waals surface area contributed by atoms with Crippen molar-refractivity contribution in [1.29, 1.82) is 0 Å². The minimum atomic E-state index is 0.0379. The molecule has 2 aromatic carbocycles. The summed E-state index contributed by atoms with van der Waals surface area (Å²) in [4.78, 5) is 16.9. The molecule has 0 saturated carbocycles. The van der Waals surface area contributed by atoms with Gasteiger partial charge >= 0.3 is 0 Å². The number of para-hydroxylation sites is 2. The lowest BCUT2D eigenvalue weighted by atomic mass is 10.1. The molecule has 0 aliphatic heterocycles. The molecule has 1 amide bonds. The van der Waals surface area contributed by atoms with E-state index in [-0.39, 0.29) is 5.91 Å². The number of carbonyl (C=O) groups excluding carboxylic acids is 1. The minimum Gasteiger partial charge on any atom is -0.494 e. The normalized spacial score (nSPS) is 11.1. The van der Waals surface area contributed by atoms with E-state index in [4.69, 9.17) is 9.72 Å². The molecule has 1 N–H and O–H groups in total. The summed E-state index contributed by atoms with van der Waals surface area (Å²) in [5, 5.41) is 3.80. The Labute approximate surface area is 170 Å².